The fraction of sp³-hybridized carbons (Fsp3) is 0.500. The van der Waals surface area contributed by atoms with Crippen molar-refractivity contribution in [2.24, 2.45) is 11.8 Å². The van der Waals surface area contributed by atoms with Crippen LogP contribution >= 0.6 is 0 Å². The van der Waals surface area contributed by atoms with E-state index in [9.17, 15) is 19.5 Å². The van der Waals surface area contributed by atoms with Crippen molar-refractivity contribution in [1.29, 1.82) is 0 Å². The van der Waals surface area contributed by atoms with Crippen molar-refractivity contribution in [2.75, 3.05) is 18.4 Å². The molecular formula is C18H22N2O5. The second-order valence-electron chi connectivity index (χ2n) is 7.02. The molecule has 2 amide bonds. The number of aliphatic hydroxyl groups is 1. The van der Waals surface area contributed by atoms with Crippen molar-refractivity contribution < 1.29 is 24.6 Å². The first-order valence-electron chi connectivity index (χ1n) is 8.46. The fourth-order valence-electron chi connectivity index (χ4n) is 3.13. The Balaban J connectivity index is 1.64. The number of nitrogens with zero attached hydrogens (tertiary/aromatic N) is 1. The van der Waals surface area contributed by atoms with E-state index in [1.54, 1.807) is 24.3 Å². The Morgan fingerprint density at radius 1 is 1.24 bits per heavy atom. The van der Waals surface area contributed by atoms with Crippen molar-refractivity contribution >= 4 is 23.5 Å². The van der Waals surface area contributed by atoms with Gasteiger partial charge in [0.1, 0.15) is 0 Å². The van der Waals surface area contributed by atoms with Crippen LogP contribution in [0.5, 0.6) is 0 Å². The summed E-state index contributed by atoms with van der Waals surface area (Å²) < 4.78 is 0. The van der Waals surface area contributed by atoms with E-state index in [1.165, 1.54) is 4.90 Å². The van der Waals surface area contributed by atoms with Gasteiger partial charge in [-0.05, 0) is 30.5 Å². The highest BCUT2D eigenvalue weighted by Crippen LogP contribution is 2.38. The summed E-state index contributed by atoms with van der Waals surface area (Å²) in [6.07, 6.45) is 0.902. The average Bonchev–Trinajstić information content (AvgIpc) is 3.32. The minimum atomic E-state index is -1.76. The van der Waals surface area contributed by atoms with Gasteiger partial charge in [0.25, 0.3) is 5.91 Å². The van der Waals surface area contributed by atoms with Gasteiger partial charge < -0.3 is 20.4 Å². The third-order valence-corrected chi connectivity index (χ3v) is 5.10. The van der Waals surface area contributed by atoms with Gasteiger partial charge in [0.2, 0.25) is 5.91 Å². The van der Waals surface area contributed by atoms with Gasteiger partial charge in [0.05, 0.1) is 0 Å². The van der Waals surface area contributed by atoms with E-state index in [0.717, 1.165) is 6.42 Å². The molecule has 3 N–H and O–H groups in total. The van der Waals surface area contributed by atoms with E-state index in [0.29, 0.717) is 17.2 Å². The standard InChI is InChI=1S/C18H22N2O5/c1-11-9-14(11)15(21)19-13-4-2-3-12(10-13)16(22)20-7-5-18(25,6-8-20)17(23)24/h2-4,10-11,14,25H,5-9H2,1H3,(H,19,21)(H,23,24). The molecular weight excluding hydrogens is 324 g/mol. The molecule has 0 radical (unpaired) electrons. The first-order valence-corrected chi connectivity index (χ1v) is 8.46. The van der Waals surface area contributed by atoms with E-state index in [-0.39, 0.29) is 43.7 Å². The lowest BCUT2D eigenvalue weighted by molar-refractivity contribution is -0.162. The average molecular weight is 346 g/mol. The number of carboxylic acid groups (broad SMARTS) is 1. The van der Waals surface area contributed by atoms with Gasteiger partial charge in [-0.1, -0.05) is 13.0 Å². The van der Waals surface area contributed by atoms with Gasteiger partial charge in [-0.2, -0.15) is 0 Å². The van der Waals surface area contributed by atoms with Crippen LogP contribution in [0.25, 0.3) is 0 Å². The number of piperidine rings is 1. The van der Waals surface area contributed by atoms with Gasteiger partial charge in [-0.15, -0.1) is 0 Å². The lowest BCUT2D eigenvalue weighted by atomic mass is 9.91. The zero-order valence-corrected chi connectivity index (χ0v) is 14.1. The molecule has 1 aromatic carbocycles. The van der Waals surface area contributed by atoms with Crippen LogP contribution in [-0.2, 0) is 9.59 Å². The van der Waals surface area contributed by atoms with Crippen LogP contribution in [0, 0.1) is 11.8 Å². The highest BCUT2D eigenvalue weighted by atomic mass is 16.4. The summed E-state index contributed by atoms with van der Waals surface area (Å²) in [4.78, 5) is 37.2. The fourth-order valence-corrected chi connectivity index (χ4v) is 3.13. The van der Waals surface area contributed by atoms with Crippen LogP contribution in [0.4, 0.5) is 5.69 Å². The molecule has 134 valence electrons. The van der Waals surface area contributed by atoms with Gasteiger partial charge in [0, 0.05) is 43.1 Å². The molecule has 1 saturated carbocycles. The Bertz CT molecular complexity index is 709. The molecule has 2 aliphatic rings. The third-order valence-electron chi connectivity index (χ3n) is 5.10. The molecule has 2 fully saturated rings. The molecule has 25 heavy (non-hydrogen) atoms. The lowest BCUT2D eigenvalue weighted by Gasteiger charge is -2.35. The second kappa shape index (κ2) is 6.48. The Hall–Kier alpha value is -2.41. The van der Waals surface area contributed by atoms with E-state index in [1.807, 2.05) is 6.92 Å². The monoisotopic (exact) mass is 346 g/mol. The maximum Gasteiger partial charge on any atom is 0.335 e. The molecule has 2 atom stereocenters. The number of hydrogen-bond donors (Lipinski definition) is 3. The minimum absolute atomic E-state index is 0.00404. The summed E-state index contributed by atoms with van der Waals surface area (Å²) in [7, 11) is 0. The number of nitrogens with one attached hydrogen (secondary N) is 1. The zero-order chi connectivity index (χ0) is 18.2. The molecule has 2 unspecified atom stereocenters. The Kier molecular flexibility index (Phi) is 4.51. The molecule has 0 spiro atoms. The Morgan fingerprint density at radius 2 is 1.88 bits per heavy atom. The number of amides is 2. The van der Waals surface area contributed by atoms with Gasteiger partial charge in [-0.3, -0.25) is 9.59 Å². The number of anilines is 1. The normalized spacial score (nSPS) is 24.5. The maximum atomic E-state index is 12.6. The van der Waals surface area contributed by atoms with Crippen LogP contribution in [0.15, 0.2) is 24.3 Å². The molecule has 0 bridgehead atoms. The summed E-state index contributed by atoms with van der Waals surface area (Å²) in [5, 5.41) is 21.8. The van der Waals surface area contributed by atoms with Gasteiger partial charge >= 0.3 is 5.97 Å². The molecule has 1 aromatic rings. The minimum Gasteiger partial charge on any atom is -0.479 e. The van der Waals surface area contributed by atoms with Crippen molar-refractivity contribution in [1.82, 2.24) is 4.90 Å². The van der Waals surface area contributed by atoms with Crippen LogP contribution in [-0.4, -0.2) is 51.6 Å². The van der Waals surface area contributed by atoms with Crippen LogP contribution in [0.3, 0.4) is 0 Å². The summed E-state index contributed by atoms with van der Waals surface area (Å²) in [6.45, 7) is 2.38. The van der Waals surface area contributed by atoms with Crippen molar-refractivity contribution in [3.63, 3.8) is 0 Å². The maximum absolute atomic E-state index is 12.6. The zero-order valence-electron chi connectivity index (χ0n) is 14.1. The Labute approximate surface area is 145 Å². The number of aliphatic carboxylic acids is 1. The quantitative estimate of drug-likeness (QED) is 0.762. The van der Waals surface area contributed by atoms with Gasteiger partial charge in [-0.25, -0.2) is 4.79 Å². The predicted molar refractivity (Wildman–Crippen MR) is 90.1 cm³/mol. The SMILES string of the molecule is CC1CC1C(=O)Nc1cccc(C(=O)N2CCC(O)(C(=O)O)CC2)c1. The van der Waals surface area contributed by atoms with Crippen molar-refractivity contribution in [2.45, 2.75) is 31.8 Å². The van der Waals surface area contributed by atoms with E-state index in [4.69, 9.17) is 5.11 Å². The first kappa shape index (κ1) is 17.4. The number of likely N-dealkylation sites (tertiary alicyclic amines) is 1. The molecule has 1 aliphatic heterocycles. The van der Waals surface area contributed by atoms with Gasteiger partial charge in [0.15, 0.2) is 5.60 Å². The van der Waals surface area contributed by atoms with Crippen molar-refractivity contribution in [3.05, 3.63) is 29.8 Å². The first-order chi connectivity index (χ1) is 11.8. The highest BCUT2D eigenvalue weighted by Gasteiger charge is 2.41. The third kappa shape index (κ3) is 3.66. The summed E-state index contributed by atoms with van der Waals surface area (Å²) in [6, 6.07) is 6.73. The van der Waals surface area contributed by atoms with E-state index >= 15 is 0 Å². The highest BCUT2D eigenvalue weighted by molar-refractivity contribution is 5.98. The molecule has 7 heteroatoms. The topological polar surface area (TPSA) is 107 Å². The Morgan fingerprint density at radius 3 is 2.44 bits per heavy atom. The number of hydrogen-bond acceptors (Lipinski definition) is 4. The van der Waals surface area contributed by atoms with E-state index in [2.05, 4.69) is 5.32 Å². The smallest absolute Gasteiger partial charge is 0.335 e. The van der Waals surface area contributed by atoms with Crippen molar-refractivity contribution in [3.8, 4) is 0 Å². The summed E-state index contributed by atoms with van der Waals surface area (Å²) in [5.74, 6) is -1.05. The van der Waals surface area contributed by atoms with Crippen LogP contribution in [0.1, 0.15) is 36.5 Å². The molecule has 0 aromatic heterocycles. The number of rotatable bonds is 4. The summed E-state index contributed by atoms with van der Waals surface area (Å²) >= 11 is 0. The number of carboxylic acids is 1. The largest absolute Gasteiger partial charge is 0.479 e. The molecule has 1 aliphatic carbocycles. The second-order valence-corrected chi connectivity index (χ2v) is 7.02. The molecule has 1 saturated heterocycles. The molecule has 1 heterocycles. The molecule has 3 rings (SSSR count). The molecule has 7 nitrogen and oxygen atoms in total. The lowest BCUT2D eigenvalue weighted by Crippen LogP contribution is -2.50. The predicted octanol–water partition coefficient (Wildman–Crippen LogP) is 1.33. The number of carbonyl (C=O) groups excluding carboxylic acids is 2. The van der Waals surface area contributed by atoms with Crippen LogP contribution in [0.2, 0.25) is 0 Å². The number of benzene rings is 1. The van der Waals surface area contributed by atoms with Crippen LogP contribution < -0.4 is 5.32 Å². The van der Waals surface area contributed by atoms with E-state index < -0.39 is 11.6 Å². The number of carbonyl (C=O) groups is 3. The summed E-state index contributed by atoms with van der Waals surface area (Å²) in [5.41, 5.74) is -0.746.